The Bertz CT molecular complexity index is 1140. The molecule has 2 aromatic carbocycles. The van der Waals surface area contributed by atoms with Gasteiger partial charge >= 0.3 is 0 Å². The molecule has 1 aromatic heterocycles. The molecule has 3 aromatic rings. The SMILES string of the molecule is COc1ccc2c(c1)c(/C=C1/Oc3cc(OCC(C)=O)ccc3C1=O)cn2C. The molecule has 4 rings (SSSR count). The van der Waals surface area contributed by atoms with E-state index < -0.39 is 0 Å². The van der Waals surface area contributed by atoms with Gasteiger partial charge in [0.1, 0.15) is 23.9 Å². The largest absolute Gasteiger partial charge is 0.497 e. The Labute approximate surface area is 161 Å². The second-order valence-electron chi connectivity index (χ2n) is 6.67. The van der Waals surface area contributed by atoms with E-state index in [0.717, 1.165) is 22.2 Å². The second-order valence-corrected chi connectivity index (χ2v) is 6.67. The van der Waals surface area contributed by atoms with Gasteiger partial charge in [-0.3, -0.25) is 9.59 Å². The van der Waals surface area contributed by atoms with Crippen LogP contribution in [0.15, 0.2) is 48.4 Å². The average Bonchev–Trinajstić information content (AvgIpc) is 3.16. The first kappa shape index (κ1) is 17.9. The van der Waals surface area contributed by atoms with Crippen molar-refractivity contribution >= 4 is 28.5 Å². The summed E-state index contributed by atoms with van der Waals surface area (Å²) in [4.78, 5) is 23.8. The molecule has 0 aliphatic carbocycles. The lowest BCUT2D eigenvalue weighted by molar-refractivity contribution is -0.118. The molecule has 0 amide bonds. The quantitative estimate of drug-likeness (QED) is 0.633. The maximum absolute atomic E-state index is 12.7. The van der Waals surface area contributed by atoms with Crippen LogP contribution in [-0.4, -0.2) is 29.9 Å². The lowest BCUT2D eigenvalue weighted by Crippen LogP contribution is -2.06. The third kappa shape index (κ3) is 3.13. The fourth-order valence-corrected chi connectivity index (χ4v) is 3.23. The topological polar surface area (TPSA) is 66.8 Å². The molecule has 0 atom stereocenters. The van der Waals surface area contributed by atoms with E-state index in [0.29, 0.717) is 17.1 Å². The van der Waals surface area contributed by atoms with Crippen molar-refractivity contribution in [3.63, 3.8) is 0 Å². The normalized spacial score (nSPS) is 14.2. The van der Waals surface area contributed by atoms with Crippen LogP contribution in [-0.2, 0) is 11.8 Å². The first-order chi connectivity index (χ1) is 13.5. The molecule has 0 saturated carbocycles. The van der Waals surface area contributed by atoms with Crippen molar-refractivity contribution < 1.29 is 23.8 Å². The summed E-state index contributed by atoms with van der Waals surface area (Å²) in [6.07, 6.45) is 3.68. The van der Waals surface area contributed by atoms with Crippen molar-refractivity contribution in [3.8, 4) is 17.2 Å². The van der Waals surface area contributed by atoms with Gasteiger partial charge in [0, 0.05) is 35.8 Å². The van der Waals surface area contributed by atoms with E-state index in [1.807, 2.05) is 36.0 Å². The number of fused-ring (bicyclic) bond motifs is 2. The van der Waals surface area contributed by atoms with E-state index in [1.165, 1.54) is 6.92 Å². The summed E-state index contributed by atoms with van der Waals surface area (Å²) in [5.41, 5.74) is 2.36. The van der Waals surface area contributed by atoms with E-state index >= 15 is 0 Å². The van der Waals surface area contributed by atoms with Gasteiger partial charge in [-0.15, -0.1) is 0 Å². The van der Waals surface area contributed by atoms with Gasteiger partial charge in [0.2, 0.25) is 5.78 Å². The van der Waals surface area contributed by atoms with E-state index in [1.54, 1.807) is 31.4 Å². The highest BCUT2D eigenvalue weighted by Gasteiger charge is 2.28. The molecular formula is C22H19NO5. The molecule has 1 aliphatic rings. The number of hydrogen-bond acceptors (Lipinski definition) is 5. The highest BCUT2D eigenvalue weighted by Crippen LogP contribution is 2.36. The summed E-state index contributed by atoms with van der Waals surface area (Å²) >= 11 is 0. The molecule has 2 heterocycles. The lowest BCUT2D eigenvalue weighted by atomic mass is 10.1. The number of hydrogen-bond donors (Lipinski definition) is 0. The van der Waals surface area contributed by atoms with Crippen LogP contribution < -0.4 is 14.2 Å². The third-order valence-electron chi connectivity index (χ3n) is 4.60. The molecule has 1 aliphatic heterocycles. The van der Waals surface area contributed by atoms with Crippen LogP contribution in [0.2, 0.25) is 0 Å². The zero-order valence-electron chi connectivity index (χ0n) is 15.8. The summed E-state index contributed by atoms with van der Waals surface area (Å²) in [5, 5.41) is 0.965. The number of allylic oxidation sites excluding steroid dienone is 1. The Morgan fingerprint density at radius 2 is 1.96 bits per heavy atom. The fourth-order valence-electron chi connectivity index (χ4n) is 3.23. The number of ether oxygens (including phenoxy) is 3. The number of methoxy groups -OCH3 is 1. The Kier molecular flexibility index (Phi) is 4.39. The zero-order valence-corrected chi connectivity index (χ0v) is 15.8. The van der Waals surface area contributed by atoms with Crippen LogP contribution in [0.3, 0.4) is 0 Å². The van der Waals surface area contributed by atoms with Crippen molar-refractivity contribution in [2.45, 2.75) is 6.92 Å². The van der Waals surface area contributed by atoms with E-state index in [2.05, 4.69) is 0 Å². The molecular weight excluding hydrogens is 358 g/mol. The van der Waals surface area contributed by atoms with Crippen molar-refractivity contribution in [3.05, 3.63) is 59.5 Å². The van der Waals surface area contributed by atoms with Gasteiger partial charge in [0.15, 0.2) is 11.5 Å². The molecule has 28 heavy (non-hydrogen) atoms. The fraction of sp³-hybridized carbons (Fsp3) is 0.182. The molecule has 0 fully saturated rings. The summed E-state index contributed by atoms with van der Waals surface area (Å²) in [5.74, 6) is 1.63. The van der Waals surface area contributed by atoms with Crippen LogP contribution in [0.1, 0.15) is 22.8 Å². The molecule has 0 spiro atoms. The first-order valence-electron chi connectivity index (χ1n) is 8.80. The minimum atomic E-state index is -0.187. The number of rotatable bonds is 5. The van der Waals surface area contributed by atoms with Crippen molar-refractivity contribution in [2.24, 2.45) is 7.05 Å². The third-order valence-corrected chi connectivity index (χ3v) is 4.60. The number of aryl methyl sites for hydroxylation is 1. The standard InChI is InChI=1S/C22H19NO5/c1-13(24)12-27-16-4-6-17-20(10-16)28-21(22(17)25)8-14-11-23(2)19-7-5-15(26-3)9-18(14)19/h4-11H,12H2,1-3H3/b21-8+. The molecule has 0 unspecified atom stereocenters. The summed E-state index contributed by atoms with van der Waals surface area (Å²) in [6, 6.07) is 10.7. The maximum atomic E-state index is 12.7. The Morgan fingerprint density at radius 1 is 1.18 bits per heavy atom. The predicted molar refractivity (Wildman–Crippen MR) is 105 cm³/mol. The summed E-state index contributed by atoms with van der Waals surface area (Å²) < 4.78 is 18.5. The van der Waals surface area contributed by atoms with Gasteiger partial charge in [-0.25, -0.2) is 0 Å². The van der Waals surface area contributed by atoms with Crippen molar-refractivity contribution in [1.82, 2.24) is 4.57 Å². The molecule has 6 nitrogen and oxygen atoms in total. The minimum absolute atomic E-state index is 0.0206. The molecule has 0 saturated heterocycles. The molecule has 0 bridgehead atoms. The summed E-state index contributed by atoms with van der Waals surface area (Å²) in [6.45, 7) is 1.43. The zero-order chi connectivity index (χ0) is 19.8. The average molecular weight is 377 g/mol. The Balaban J connectivity index is 1.68. The monoisotopic (exact) mass is 377 g/mol. The lowest BCUT2D eigenvalue weighted by Gasteiger charge is -2.04. The van der Waals surface area contributed by atoms with Crippen LogP contribution in [0.4, 0.5) is 0 Å². The van der Waals surface area contributed by atoms with Crippen LogP contribution in [0.5, 0.6) is 17.2 Å². The Morgan fingerprint density at radius 3 is 2.71 bits per heavy atom. The van der Waals surface area contributed by atoms with Crippen molar-refractivity contribution in [2.75, 3.05) is 13.7 Å². The molecule has 0 N–H and O–H groups in total. The molecule has 6 heteroatoms. The highest BCUT2D eigenvalue weighted by atomic mass is 16.5. The number of carbonyl (C=O) groups is 2. The smallest absolute Gasteiger partial charge is 0.231 e. The molecule has 0 radical (unpaired) electrons. The number of Topliss-reactive ketones (excluding diaryl/α,β-unsaturated/α-hetero) is 2. The number of benzene rings is 2. The minimum Gasteiger partial charge on any atom is -0.497 e. The number of carbonyl (C=O) groups excluding carboxylic acids is 2. The van der Waals surface area contributed by atoms with Gasteiger partial charge in [-0.1, -0.05) is 0 Å². The van der Waals surface area contributed by atoms with Gasteiger partial charge in [-0.05, 0) is 43.3 Å². The van der Waals surface area contributed by atoms with Gasteiger partial charge < -0.3 is 18.8 Å². The van der Waals surface area contributed by atoms with Crippen molar-refractivity contribution in [1.29, 1.82) is 0 Å². The van der Waals surface area contributed by atoms with Crippen LogP contribution >= 0.6 is 0 Å². The van der Waals surface area contributed by atoms with Crippen LogP contribution in [0, 0.1) is 0 Å². The number of nitrogens with zero attached hydrogens (tertiary/aromatic N) is 1. The predicted octanol–water partition coefficient (Wildman–Crippen LogP) is 3.77. The number of aromatic nitrogens is 1. The van der Waals surface area contributed by atoms with Gasteiger partial charge in [0.05, 0.1) is 12.7 Å². The van der Waals surface area contributed by atoms with Gasteiger partial charge in [-0.2, -0.15) is 0 Å². The highest BCUT2D eigenvalue weighted by molar-refractivity contribution is 6.15. The summed E-state index contributed by atoms with van der Waals surface area (Å²) in [7, 11) is 3.57. The van der Waals surface area contributed by atoms with E-state index in [4.69, 9.17) is 14.2 Å². The Hall–Kier alpha value is -3.54. The van der Waals surface area contributed by atoms with E-state index in [9.17, 15) is 9.59 Å². The second kappa shape index (κ2) is 6.88. The maximum Gasteiger partial charge on any atom is 0.231 e. The van der Waals surface area contributed by atoms with Crippen LogP contribution in [0.25, 0.3) is 17.0 Å². The van der Waals surface area contributed by atoms with Gasteiger partial charge in [0.25, 0.3) is 0 Å². The van der Waals surface area contributed by atoms with E-state index in [-0.39, 0.29) is 23.9 Å². The first-order valence-corrected chi connectivity index (χ1v) is 8.80. The number of ketones is 2. The molecule has 142 valence electrons.